The molecule has 0 saturated heterocycles. The van der Waals surface area contributed by atoms with Crippen LogP contribution in [0.2, 0.25) is 0 Å². The highest BCUT2D eigenvalue weighted by molar-refractivity contribution is 6.12. The van der Waals surface area contributed by atoms with Crippen LogP contribution in [0.3, 0.4) is 0 Å². The summed E-state index contributed by atoms with van der Waals surface area (Å²) in [5, 5.41) is 4.89. The molecule has 0 amide bonds. The van der Waals surface area contributed by atoms with Crippen molar-refractivity contribution >= 4 is 43.7 Å². The molecule has 0 spiro atoms. The minimum atomic E-state index is -0.0483. The first kappa shape index (κ1) is 26.4. The van der Waals surface area contributed by atoms with E-state index in [1.54, 1.807) is 0 Å². The lowest BCUT2D eigenvalue weighted by Crippen LogP contribution is -2.14. The first-order valence-corrected chi connectivity index (χ1v) is 16.4. The highest BCUT2D eigenvalue weighted by atomic mass is 16.3. The van der Waals surface area contributed by atoms with Crippen molar-refractivity contribution in [2.75, 3.05) is 0 Å². The molecule has 7 aromatic carbocycles. The third-order valence-corrected chi connectivity index (χ3v) is 10.4. The highest BCUT2D eigenvalue weighted by Gasteiger charge is 2.36. The van der Waals surface area contributed by atoms with Gasteiger partial charge >= 0.3 is 0 Å². The molecular weight excluding hydrogens is 571 g/mol. The quantitative estimate of drug-likeness (QED) is 0.197. The molecule has 2 aromatic heterocycles. The second-order valence-electron chi connectivity index (χ2n) is 13.3. The number of nitrogens with zero attached hydrogens (tertiary/aromatic N) is 1. The first-order chi connectivity index (χ1) is 23.1. The number of aromatic nitrogens is 1. The Morgan fingerprint density at radius 2 is 1.09 bits per heavy atom. The zero-order valence-corrected chi connectivity index (χ0v) is 26.3. The average molecular weight is 602 g/mol. The molecule has 0 atom stereocenters. The molecule has 2 nitrogen and oxygen atoms in total. The zero-order chi connectivity index (χ0) is 31.3. The van der Waals surface area contributed by atoms with Gasteiger partial charge in [-0.25, -0.2) is 0 Å². The number of fused-ring (bicyclic) bond motifs is 9. The lowest BCUT2D eigenvalue weighted by atomic mass is 9.82. The van der Waals surface area contributed by atoms with Crippen molar-refractivity contribution in [1.82, 2.24) is 4.57 Å². The molecule has 2 heterocycles. The van der Waals surface area contributed by atoms with Gasteiger partial charge in [-0.3, -0.25) is 0 Å². The average Bonchev–Trinajstić information content (AvgIpc) is 3.73. The van der Waals surface area contributed by atoms with Crippen LogP contribution in [0.5, 0.6) is 0 Å². The molecule has 10 rings (SSSR count). The van der Waals surface area contributed by atoms with Gasteiger partial charge in [0.05, 0.1) is 11.0 Å². The Morgan fingerprint density at radius 1 is 0.447 bits per heavy atom. The van der Waals surface area contributed by atoms with E-state index >= 15 is 0 Å². The molecular formula is C45H31NO. The van der Waals surface area contributed by atoms with E-state index in [2.05, 4.69) is 158 Å². The largest absolute Gasteiger partial charge is 0.455 e. The summed E-state index contributed by atoms with van der Waals surface area (Å²) in [7, 11) is 0. The van der Waals surface area contributed by atoms with Crippen LogP contribution < -0.4 is 0 Å². The molecule has 9 aromatic rings. The standard InChI is InChI=1S/C45H31NO/c1-45(2)39-15-6-3-10-33(39)37-26-38-34-11-4-7-16-41(34)46(42(38)27-40(37)45)31-24-22-29(23-25-31)28-18-20-30(21-19-28)32-13-9-14-36-35-12-5-8-17-43(35)47-44(32)36/h3-27H,1-2H3. The molecule has 0 fully saturated rings. The normalized spacial score (nSPS) is 13.5. The topological polar surface area (TPSA) is 18.1 Å². The van der Waals surface area contributed by atoms with Crippen LogP contribution in [0.4, 0.5) is 0 Å². The van der Waals surface area contributed by atoms with E-state index in [1.165, 1.54) is 60.9 Å². The van der Waals surface area contributed by atoms with Crippen molar-refractivity contribution in [1.29, 1.82) is 0 Å². The lowest BCUT2D eigenvalue weighted by molar-refractivity contribution is 0.661. The van der Waals surface area contributed by atoms with E-state index in [1.807, 2.05) is 12.1 Å². The third kappa shape index (κ3) is 3.73. The predicted octanol–water partition coefficient (Wildman–Crippen LogP) is 12.3. The van der Waals surface area contributed by atoms with Gasteiger partial charge in [0.2, 0.25) is 0 Å². The summed E-state index contributed by atoms with van der Waals surface area (Å²) in [5.74, 6) is 0. The fourth-order valence-corrected chi connectivity index (χ4v) is 8.06. The first-order valence-electron chi connectivity index (χ1n) is 16.4. The maximum absolute atomic E-state index is 6.31. The van der Waals surface area contributed by atoms with E-state index in [9.17, 15) is 0 Å². The fraction of sp³-hybridized carbons (Fsp3) is 0.0667. The van der Waals surface area contributed by atoms with Crippen molar-refractivity contribution in [3.63, 3.8) is 0 Å². The van der Waals surface area contributed by atoms with Crippen LogP contribution in [0, 0.1) is 0 Å². The Kier molecular flexibility index (Phi) is 5.37. The summed E-state index contributed by atoms with van der Waals surface area (Å²) in [6, 6.07) is 55.1. The molecule has 0 N–H and O–H groups in total. The van der Waals surface area contributed by atoms with Gasteiger partial charge in [-0.15, -0.1) is 0 Å². The summed E-state index contributed by atoms with van der Waals surface area (Å²) >= 11 is 0. The summed E-state index contributed by atoms with van der Waals surface area (Å²) in [4.78, 5) is 0. The molecule has 0 aliphatic heterocycles. The van der Waals surface area contributed by atoms with E-state index < -0.39 is 0 Å². The number of furan rings is 1. The van der Waals surface area contributed by atoms with Gasteiger partial charge in [0, 0.05) is 38.2 Å². The molecule has 0 saturated carbocycles. The monoisotopic (exact) mass is 601 g/mol. The van der Waals surface area contributed by atoms with Gasteiger partial charge in [0.1, 0.15) is 11.2 Å². The van der Waals surface area contributed by atoms with Gasteiger partial charge in [-0.1, -0.05) is 129 Å². The maximum atomic E-state index is 6.31. The second-order valence-corrected chi connectivity index (χ2v) is 13.3. The van der Waals surface area contributed by atoms with Crippen molar-refractivity contribution < 1.29 is 4.42 Å². The summed E-state index contributed by atoms with van der Waals surface area (Å²) in [6.07, 6.45) is 0. The van der Waals surface area contributed by atoms with Crippen LogP contribution >= 0.6 is 0 Å². The summed E-state index contributed by atoms with van der Waals surface area (Å²) < 4.78 is 8.75. The Bertz CT molecular complexity index is 2680. The molecule has 222 valence electrons. The van der Waals surface area contributed by atoms with Gasteiger partial charge < -0.3 is 8.98 Å². The minimum absolute atomic E-state index is 0.0483. The van der Waals surface area contributed by atoms with Crippen LogP contribution in [-0.2, 0) is 5.41 Å². The number of hydrogen-bond donors (Lipinski definition) is 0. The van der Waals surface area contributed by atoms with E-state index in [0.717, 1.165) is 33.1 Å². The van der Waals surface area contributed by atoms with E-state index in [4.69, 9.17) is 4.42 Å². The van der Waals surface area contributed by atoms with Crippen LogP contribution in [0.1, 0.15) is 25.0 Å². The highest BCUT2D eigenvalue weighted by Crippen LogP contribution is 2.51. The van der Waals surface area contributed by atoms with Crippen LogP contribution in [-0.4, -0.2) is 4.57 Å². The Labute approximate surface area is 273 Å². The number of benzene rings is 7. The van der Waals surface area contributed by atoms with Gasteiger partial charge in [-0.05, 0) is 75.3 Å². The predicted molar refractivity (Wildman–Crippen MR) is 196 cm³/mol. The number of para-hydroxylation sites is 3. The van der Waals surface area contributed by atoms with Gasteiger partial charge in [0.25, 0.3) is 0 Å². The van der Waals surface area contributed by atoms with Crippen LogP contribution in [0.15, 0.2) is 156 Å². The SMILES string of the molecule is CC1(C)c2ccccc2-c2cc3c4ccccc4n(-c4ccc(-c5ccc(-c6cccc7c6oc6ccccc67)cc5)cc4)c3cc21. The van der Waals surface area contributed by atoms with E-state index in [-0.39, 0.29) is 5.41 Å². The molecule has 2 heteroatoms. The second kappa shape index (κ2) is 9.57. The Morgan fingerprint density at radius 3 is 1.91 bits per heavy atom. The van der Waals surface area contributed by atoms with Crippen molar-refractivity contribution in [3.8, 4) is 39.1 Å². The number of rotatable bonds is 3. The molecule has 1 aliphatic carbocycles. The van der Waals surface area contributed by atoms with Gasteiger partial charge in [-0.2, -0.15) is 0 Å². The van der Waals surface area contributed by atoms with Gasteiger partial charge in [0.15, 0.2) is 0 Å². The summed E-state index contributed by atoms with van der Waals surface area (Å²) in [5.41, 5.74) is 15.6. The van der Waals surface area contributed by atoms with E-state index in [0.29, 0.717) is 0 Å². The summed E-state index contributed by atoms with van der Waals surface area (Å²) in [6.45, 7) is 4.71. The lowest BCUT2D eigenvalue weighted by Gasteiger charge is -2.21. The van der Waals surface area contributed by atoms with Crippen molar-refractivity contribution in [2.45, 2.75) is 19.3 Å². The van der Waals surface area contributed by atoms with Crippen molar-refractivity contribution in [3.05, 3.63) is 163 Å². The van der Waals surface area contributed by atoms with Crippen LogP contribution in [0.25, 0.3) is 82.8 Å². The minimum Gasteiger partial charge on any atom is -0.455 e. The molecule has 0 radical (unpaired) electrons. The fourth-order valence-electron chi connectivity index (χ4n) is 8.06. The third-order valence-electron chi connectivity index (χ3n) is 10.4. The Hall–Kier alpha value is -5.86. The molecule has 0 bridgehead atoms. The molecule has 0 unspecified atom stereocenters. The maximum Gasteiger partial charge on any atom is 0.143 e. The molecule has 47 heavy (non-hydrogen) atoms. The molecule has 1 aliphatic rings. The number of hydrogen-bond acceptors (Lipinski definition) is 1. The Balaban J connectivity index is 1.05. The van der Waals surface area contributed by atoms with Crippen molar-refractivity contribution in [2.24, 2.45) is 0 Å². The smallest absolute Gasteiger partial charge is 0.143 e. The zero-order valence-electron chi connectivity index (χ0n) is 26.3.